The number of nitrogens with one attached hydrogen (secondary N) is 1. The van der Waals surface area contributed by atoms with Gasteiger partial charge in [-0.25, -0.2) is 9.97 Å². The molecule has 1 amide bonds. The molecule has 0 radical (unpaired) electrons. The predicted octanol–water partition coefficient (Wildman–Crippen LogP) is 2.70. The zero-order valence-corrected chi connectivity index (χ0v) is 18.8. The molecule has 0 spiro atoms. The zero-order chi connectivity index (χ0) is 22.4. The summed E-state index contributed by atoms with van der Waals surface area (Å²) in [7, 11) is 0. The Morgan fingerprint density at radius 2 is 2.00 bits per heavy atom. The first-order valence-electron chi connectivity index (χ1n) is 11.2. The van der Waals surface area contributed by atoms with Crippen molar-refractivity contribution in [2.24, 2.45) is 17.4 Å². The van der Waals surface area contributed by atoms with E-state index in [1.165, 1.54) is 0 Å². The molecule has 3 rings (SSSR count). The van der Waals surface area contributed by atoms with Crippen LogP contribution in [0, 0.1) is 5.92 Å². The molecule has 3 heterocycles. The van der Waals surface area contributed by atoms with Gasteiger partial charge in [0.2, 0.25) is 5.91 Å². The molecular weight excluding hydrogens is 390 g/mol. The van der Waals surface area contributed by atoms with Gasteiger partial charge in [-0.2, -0.15) is 0 Å². The van der Waals surface area contributed by atoms with E-state index in [4.69, 9.17) is 16.5 Å². The third-order valence-corrected chi connectivity index (χ3v) is 5.59. The first-order chi connectivity index (χ1) is 14.9. The van der Waals surface area contributed by atoms with Crippen LogP contribution in [0.15, 0.2) is 24.7 Å². The summed E-state index contributed by atoms with van der Waals surface area (Å²) in [5, 5.41) is 2.95. The average Bonchev–Trinajstić information content (AvgIpc) is 3.16. The number of nitrogens with two attached hydrogens (primary N) is 2. The van der Waals surface area contributed by atoms with E-state index < -0.39 is 6.04 Å². The number of hydrogen-bond acceptors (Lipinski definition) is 6. The summed E-state index contributed by atoms with van der Waals surface area (Å²) in [6.07, 6.45) is 7.00. The van der Waals surface area contributed by atoms with Crippen molar-refractivity contribution >= 4 is 28.0 Å². The number of aryl methyl sites for hydroxylation is 1. The molecule has 2 atom stereocenters. The molecule has 0 aromatic carbocycles. The smallest absolute Gasteiger partial charge is 0.236 e. The molecule has 0 saturated carbocycles. The van der Waals surface area contributed by atoms with Crippen molar-refractivity contribution in [2.75, 3.05) is 13.1 Å². The van der Waals surface area contributed by atoms with Gasteiger partial charge in [0.05, 0.1) is 29.1 Å². The van der Waals surface area contributed by atoms with Crippen molar-refractivity contribution in [3.63, 3.8) is 0 Å². The quantitative estimate of drug-likeness (QED) is 0.406. The van der Waals surface area contributed by atoms with E-state index in [0.29, 0.717) is 25.4 Å². The fourth-order valence-corrected chi connectivity index (χ4v) is 3.93. The van der Waals surface area contributed by atoms with E-state index >= 15 is 0 Å². The van der Waals surface area contributed by atoms with Gasteiger partial charge in [0.15, 0.2) is 0 Å². The number of aromatic nitrogens is 4. The number of unbranched alkanes of at least 4 members (excludes halogenated alkanes) is 1. The van der Waals surface area contributed by atoms with E-state index in [1.54, 1.807) is 6.20 Å². The molecular formula is C23H35N7O. The minimum atomic E-state index is -0.434. The van der Waals surface area contributed by atoms with Gasteiger partial charge in [-0.1, -0.05) is 20.8 Å². The van der Waals surface area contributed by atoms with Gasteiger partial charge in [-0.15, -0.1) is 0 Å². The van der Waals surface area contributed by atoms with Gasteiger partial charge in [0.1, 0.15) is 11.0 Å². The number of fused-ring (bicyclic) bond motifs is 3. The van der Waals surface area contributed by atoms with E-state index in [1.807, 2.05) is 18.5 Å². The van der Waals surface area contributed by atoms with Crippen LogP contribution in [0.4, 0.5) is 0 Å². The number of carbonyl (C=O) groups is 1. The third kappa shape index (κ3) is 5.57. The van der Waals surface area contributed by atoms with E-state index in [9.17, 15) is 4.79 Å². The first-order valence-corrected chi connectivity index (χ1v) is 11.2. The molecule has 8 heteroatoms. The van der Waals surface area contributed by atoms with Crippen LogP contribution in [-0.2, 0) is 11.3 Å². The Balaban J connectivity index is 1.70. The fraction of sp³-hybridized carbons (Fsp3) is 0.565. The molecule has 2 unspecified atom stereocenters. The summed E-state index contributed by atoms with van der Waals surface area (Å²) in [5.41, 5.74) is 16.4. The van der Waals surface area contributed by atoms with Crippen LogP contribution in [0.3, 0.4) is 0 Å². The topological polar surface area (TPSA) is 125 Å². The third-order valence-electron chi connectivity index (χ3n) is 5.59. The molecule has 168 valence electrons. The van der Waals surface area contributed by atoms with Crippen molar-refractivity contribution in [3.05, 3.63) is 30.4 Å². The standard InChI is InChI=1S/C23H35N7O/c1-15(2)13-17(25)23(31)27-10-4-5-12-30-14-28-21-19(16(3)8-9-24)29-18-7-6-11-26-20(18)22(21)30/h6-7,11,14-17H,4-5,8-10,12-13,24-25H2,1-3H3,(H,27,31). The number of rotatable bonds is 11. The Labute approximate surface area is 183 Å². The van der Waals surface area contributed by atoms with Crippen LogP contribution >= 0.6 is 0 Å². The highest BCUT2D eigenvalue weighted by Crippen LogP contribution is 2.29. The lowest BCUT2D eigenvalue weighted by molar-refractivity contribution is -0.122. The molecule has 31 heavy (non-hydrogen) atoms. The van der Waals surface area contributed by atoms with Crippen molar-refractivity contribution in [1.82, 2.24) is 24.8 Å². The molecule has 0 aliphatic rings. The molecule has 3 aromatic rings. The van der Waals surface area contributed by atoms with Gasteiger partial charge in [0.25, 0.3) is 0 Å². The normalized spacial score (nSPS) is 13.7. The maximum absolute atomic E-state index is 12.1. The van der Waals surface area contributed by atoms with Crippen LogP contribution in [0.2, 0.25) is 0 Å². The Kier molecular flexibility index (Phi) is 7.92. The summed E-state index contributed by atoms with van der Waals surface area (Å²) < 4.78 is 2.15. The van der Waals surface area contributed by atoms with Crippen molar-refractivity contribution in [3.8, 4) is 0 Å². The van der Waals surface area contributed by atoms with Crippen molar-refractivity contribution < 1.29 is 4.79 Å². The van der Waals surface area contributed by atoms with Crippen LogP contribution in [0.5, 0.6) is 0 Å². The minimum Gasteiger partial charge on any atom is -0.355 e. The van der Waals surface area contributed by atoms with Gasteiger partial charge >= 0.3 is 0 Å². The largest absolute Gasteiger partial charge is 0.355 e. The summed E-state index contributed by atoms with van der Waals surface area (Å²) in [4.78, 5) is 26.2. The molecule has 3 aromatic heterocycles. The van der Waals surface area contributed by atoms with Crippen molar-refractivity contribution in [2.45, 2.75) is 65.0 Å². The highest BCUT2D eigenvalue weighted by atomic mass is 16.2. The predicted molar refractivity (Wildman–Crippen MR) is 125 cm³/mol. The number of amides is 1. The Morgan fingerprint density at radius 3 is 2.74 bits per heavy atom. The fourth-order valence-electron chi connectivity index (χ4n) is 3.93. The van der Waals surface area contributed by atoms with Gasteiger partial charge < -0.3 is 21.4 Å². The van der Waals surface area contributed by atoms with Gasteiger partial charge in [0, 0.05) is 25.2 Å². The number of nitrogens with zero attached hydrogens (tertiary/aromatic N) is 4. The second-order valence-corrected chi connectivity index (χ2v) is 8.72. The van der Waals surface area contributed by atoms with Gasteiger partial charge in [-0.3, -0.25) is 9.78 Å². The molecule has 5 N–H and O–H groups in total. The molecule has 0 aliphatic heterocycles. The Hall–Kier alpha value is -2.58. The molecule has 0 fully saturated rings. The van der Waals surface area contributed by atoms with Crippen molar-refractivity contribution in [1.29, 1.82) is 0 Å². The SMILES string of the molecule is CC(C)CC(N)C(=O)NCCCCn1cnc2c(C(C)CCN)nc3cccnc3c21. The number of pyridine rings is 2. The molecule has 0 bridgehead atoms. The molecule has 8 nitrogen and oxygen atoms in total. The zero-order valence-electron chi connectivity index (χ0n) is 18.8. The first kappa shape index (κ1) is 23.1. The summed E-state index contributed by atoms with van der Waals surface area (Å²) in [6.45, 7) is 8.31. The molecule has 0 saturated heterocycles. The van der Waals surface area contributed by atoms with Crippen LogP contribution in [-0.4, -0.2) is 44.6 Å². The van der Waals surface area contributed by atoms with Crippen LogP contribution < -0.4 is 16.8 Å². The number of hydrogen-bond donors (Lipinski definition) is 3. The lowest BCUT2D eigenvalue weighted by Crippen LogP contribution is -2.41. The summed E-state index contributed by atoms with van der Waals surface area (Å²) >= 11 is 0. The maximum Gasteiger partial charge on any atom is 0.236 e. The lowest BCUT2D eigenvalue weighted by Gasteiger charge is -2.14. The second-order valence-electron chi connectivity index (χ2n) is 8.72. The Morgan fingerprint density at radius 1 is 1.19 bits per heavy atom. The van der Waals surface area contributed by atoms with E-state index in [0.717, 1.165) is 53.6 Å². The van der Waals surface area contributed by atoms with E-state index in [2.05, 4.69) is 40.6 Å². The van der Waals surface area contributed by atoms with Gasteiger partial charge in [-0.05, 0) is 50.3 Å². The maximum atomic E-state index is 12.1. The highest BCUT2D eigenvalue weighted by Gasteiger charge is 2.19. The van der Waals surface area contributed by atoms with E-state index in [-0.39, 0.29) is 11.8 Å². The molecule has 0 aliphatic carbocycles. The second kappa shape index (κ2) is 10.6. The van der Waals surface area contributed by atoms with Crippen LogP contribution in [0.1, 0.15) is 58.1 Å². The monoisotopic (exact) mass is 425 g/mol. The summed E-state index contributed by atoms with van der Waals surface area (Å²) in [6, 6.07) is 3.47. The summed E-state index contributed by atoms with van der Waals surface area (Å²) in [5.74, 6) is 0.568. The number of imidazole rings is 1. The number of carbonyl (C=O) groups excluding carboxylic acids is 1. The minimum absolute atomic E-state index is 0.0680. The lowest BCUT2D eigenvalue weighted by atomic mass is 10.0. The Bertz CT molecular complexity index is 1010. The van der Waals surface area contributed by atoms with Crippen LogP contribution in [0.25, 0.3) is 22.1 Å². The highest BCUT2D eigenvalue weighted by molar-refractivity contribution is 6.00. The average molecular weight is 426 g/mol.